The molecule has 1 aliphatic rings. The monoisotopic (exact) mass is 530 g/mol. The Bertz CT molecular complexity index is 1380. The number of fused-ring (bicyclic) bond motifs is 1. The van der Waals surface area contributed by atoms with Crippen LogP contribution in [0.3, 0.4) is 0 Å². The van der Waals surface area contributed by atoms with Crippen LogP contribution in [-0.2, 0) is 9.53 Å². The molecule has 1 aliphatic heterocycles. The Morgan fingerprint density at radius 3 is 2.53 bits per heavy atom. The number of hydrogen-bond acceptors (Lipinski definition) is 6. The van der Waals surface area contributed by atoms with Crippen LogP contribution in [-0.4, -0.2) is 17.1 Å². The van der Waals surface area contributed by atoms with E-state index in [0.717, 1.165) is 14.2 Å². The highest BCUT2D eigenvalue weighted by Crippen LogP contribution is 2.31. The van der Waals surface area contributed by atoms with Crippen molar-refractivity contribution in [3.05, 3.63) is 87.1 Å². The van der Waals surface area contributed by atoms with Gasteiger partial charge in [0.1, 0.15) is 0 Å². The molecule has 5 nitrogen and oxygen atoms in total. The van der Waals surface area contributed by atoms with Gasteiger partial charge in [-0.2, -0.15) is 0 Å². The molecule has 0 saturated heterocycles. The zero-order valence-electron chi connectivity index (χ0n) is 18.2. The summed E-state index contributed by atoms with van der Waals surface area (Å²) in [7, 11) is 0. The fourth-order valence-electron chi connectivity index (χ4n) is 3.71. The highest BCUT2D eigenvalue weighted by molar-refractivity contribution is 9.11. The molecule has 0 fully saturated rings. The van der Waals surface area contributed by atoms with Crippen LogP contribution in [0.15, 0.2) is 61.2 Å². The van der Waals surface area contributed by atoms with Gasteiger partial charge in [0.05, 0.1) is 32.2 Å². The molecule has 3 heterocycles. The van der Waals surface area contributed by atoms with Crippen LogP contribution >= 0.6 is 38.6 Å². The lowest BCUT2D eigenvalue weighted by molar-refractivity contribution is -0.139. The number of allylic oxidation sites excluding steroid dienone is 1. The number of halogens is 1. The maximum Gasteiger partial charge on any atom is 0.338 e. The largest absolute Gasteiger partial charge is 0.463 e. The Morgan fingerprint density at radius 2 is 1.94 bits per heavy atom. The van der Waals surface area contributed by atoms with E-state index in [-0.39, 0.29) is 12.2 Å². The van der Waals surface area contributed by atoms with Gasteiger partial charge in [-0.25, -0.2) is 9.79 Å². The van der Waals surface area contributed by atoms with Crippen LogP contribution in [0.2, 0.25) is 0 Å². The average molecular weight is 531 g/mol. The summed E-state index contributed by atoms with van der Waals surface area (Å²) >= 11 is 6.36. The quantitative estimate of drug-likeness (QED) is 0.447. The Labute approximate surface area is 202 Å². The van der Waals surface area contributed by atoms with E-state index < -0.39 is 12.0 Å². The topological polar surface area (TPSA) is 60.7 Å². The summed E-state index contributed by atoms with van der Waals surface area (Å²) in [6.45, 7) is 8.10. The van der Waals surface area contributed by atoms with Gasteiger partial charge in [-0.1, -0.05) is 49.4 Å². The first kappa shape index (κ1) is 22.9. The molecule has 0 radical (unpaired) electrons. The fourth-order valence-corrected chi connectivity index (χ4v) is 6.18. The molecule has 32 heavy (non-hydrogen) atoms. The van der Waals surface area contributed by atoms with E-state index in [2.05, 4.69) is 46.9 Å². The molecule has 1 atom stereocenters. The van der Waals surface area contributed by atoms with E-state index >= 15 is 0 Å². The van der Waals surface area contributed by atoms with Crippen LogP contribution < -0.4 is 14.9 Å². The molecule has 0 amide bonds. The standard InChI is InChI=1S/C24H23BrN2O3S2/c1-5-30-23(29)20-14(4)26-24-27(21(20)16-8-6-15(7-9-16)13(2)3)22(28)18(32-24)12-17-10-11-19(25)31-17/h6-13,21H,5H2,1-4H3/b18-12+/t21-/m0/s1. The second-order valence-corrected chi connectivity index (χ2v) is 11.3. The lowest BCUT2D eigenvalue weighted by atomic mass is 9.93. The number of rotatable bonds is 5. The number of esters is 1. The van der Waals surface area contributed by atoms with Crippen molar-refractivity contribution in [3.63, 3.8) is 0 Å². The lowest BCUT2D eigenvalue weighted by Crippen LogP contribution is -2.39. The maximum atomic E-state index is 13.5. The van der Waals surface area contributed by atoms with Gasteiger partial charge in [0.2, 0.25) is 0 Å². The minimum atomic E-state index is -0.580. The number of hydrogen-bond donors (Lipinski definition) is 0. The molecular weight excluding hydrogens is 508 g/mol. The van der Waals surface area contributed by atoms with Crippen LogP contribution in [0.4, 0.5) is 0 Å². The second kappa shape index (κ2) is 9.29. The van der Waals surface area contributed by atoms with Gasteiger partial charge < -0.3 is 4.74 Å². The third kappa shape index (κ3) is 4.31. The molecular formula is C24H23BrN2O3S2. The first-order chi connectivity index (χ1) is 15.3. The number of benzene rings is 1. The van der Waals surface area contributed by atoms with Crippen molar-refractivity contribution in [1.29, 1.82) is 0 Å². The normalized spacial score (nSPS) is 16.3. The first-order valence-electron chi connectivity index (χ1n) is 10.3. The summed E-state index contributed by atoms with van der Waals surface area (Å²) < 4.78 is 8.56. The number of carbonyl (C=O) groups is 1. The summed E-state index contributed by atoms with van der Waals surface area (Å²) in [4.78, 5) is 32.6. The Hall–Kier alpha value is -2.29. The molecule has 4 rings (SSSR count). The molecule has 0 N–H and O–H groups in total. The summed E-state index contributed by atoms with van der Waals surface area (Å²) in [5.41, 5.74) is 2.88. The van der Waals surface area contributed by atoms with Crippen molar-refractivity contribution in [3.8, 4) is 0 Å². The Kier molecular flexibility index (Phi) is 6.65. The van der Waals surface area contributed by atoms with Gasteiger partial charge in [-0.05, 0) is 65.0 Å². The van der Waals surface area contributed by atoms with Crippen LogP contribution in [0.25, 0.3) is 6.08 Å². The molecule has 8 heteroatoms. The van der Waals surface area contributed by atoms with Crippen molar-refractivity contribution in [2.75, 3.05) is 6.61 Å². The number of nitrogens with zero attached hydrogens (tertiary/aromatic N) is 2. The van der Waals surface area contributed by atoms with Gasteiger partial charge in [-0.15, -0.1) is 11.3 Å². The summed E-state index contributed by atoms with van der Waals surface area (Å²) in [6, 6.07) is 11.4. The molecule has 0 aliphatic carbocycles. The van der Waals surface area contributed by atoms with E-state index in [1.165, 1.54) is 16.9 Å². The molecule has 0 saturated carbocycles. The fraction of sp³-hybridized carbons (Fsp3) is 0.292. The van der Waals surface area contributed by atoms with E-state index in [9.17, 15) is 9.59 Å². The van der Waals surface area contributed by atoms with Gasteiger partial charge in [0.25, 0.3) is 5.56 Å². The Balaban J connectivity index is 1.93. The van der Waals surface area contributed by atoms with Crippen LogP contribution in [0.5, 0.6) is 0 Å². The number of thiophene rings is 1. The van der Waals surface area contributed by atoms with Crippen molar-refractivity contribution < 1.29 is 9.53 Å². The predicted molar refractivity (Wildman–Crippen MR) is 133 cm³/mol. The zero-order chi connectivity index (χ0) is 23.0. The summed E-state index contributed by atoms with van der Waals surface area (Å²) in [5, 5.41) is 0. The lowest BCUT2D eigenvalue weighted by Gasteiger charge is -2.25. The van der Waals surface area contributed by atoms with Gasteiger partial charge >= 0.3 is 5.97 Å². The second-order valence-electron chi connectivity index (χ2n) is 7.77. The number of carbonyl (C=O) groups excluding carboxylic acids is 1. The molecule has 3 aromatic rings. The smallest absolute Gasteiger partial charge is 0.338 e. The molecule has 0 unspecified atom stereocenters. The van der Waals surface area contributed by atoms with E-state index in [0.29, 0.717) is 26.5 Å². The third-order valence-electron chi connectivity index (χ3n) is 5.30. The highest BCUT2D eigenvalue weighted by Gasteiger charge is 2.33. The number of ether oxygens (including phenoxy) is 1. The predicted octanol–water partition coefficient (Wildman–Crippen LogP) is 4.75. The van der Waals surface area contributed by atoms with E-state index in [4.69, 9.17) is 4.74 Å². The summed E-state index contributed by atoms with van der Waals surface area (Å²) in [5.74, 6) is -0.0545. The zero-order valence-corrected chi connectivity index (χ0v) is 21.4. The van der Waals surface area contributed by atoms with Crippen molar-refractivity contribution >= 4 is 50.6 Å². The van der Waals surface area contributed by atoms with Crippen LogP contribution in [0, 0.1) is 0 Å². The molecule has 0 spiro atoms. The minimum Gasteiger partial charge on any atom is -0.463 e. The van der Waals surface area contributed by atoms with E-state index in [1.807, 2.05) is 30.3 Å². The summed E-state index contributed by atoms with van der Waals surface area (Å²) in [6.07, 6.45) is 1.88. The molecule has 1 aromatic carbocycles. The molecule has 166 valence electrons. The number of aromatic nitrogens is 1. The average Bonchev–Trinajstić information content (AvgIpc) is 3.30. The van der Waals surface area contributed by atoms with Gasteiger partial charge in [0.15, 0.2) is 4.80 Å². The maximum absolute atomic E-state index is 13.5. The minimum absolute atomic E-state index is 0.162. The van der Waals surface area contributed by atoms with Crippen molar-refractivity contribution in [2.45, 2.75) is 39.7 Å². The van der Waals surface area contributed by atoms with Gasteiger partial charge in [-0.3, -0.25) is 9.36 Å². The van der Waals surface area contributed by atoms with Gasteiger partial charge in [0, 0.05) is 4.88 Å². The van der Waals surface area contributed by atoms with Crippen molar-refractivity contribution in [2.24, 2.45) is 4.99 Å². The molecule has 2 aromatic heterocycles. The van der Waals surface area contributed by atoms with E-state index in [1.54, 1.807) is 29.8 Å². The third-order valence-corrected chi connectivity index (χ3v) is 7.86. The Morgan fingerprint density at radius 1 is 1.22 bits per heavy atom. The van der Waals surface area contributed by atoms with Crippen LogP contribution in [0.1, 0.15) is 55.7 Å². The highest BCUT2D eigenvalue weighted by atomic mass is 79.9. The number of thiazole rings is 1. The first-order valence-corrected chi connectivity index (χ1v) is 12.8. The molecule has 0 bridgehead atoms. The van der Waals surface area contributed by atoms with Crippen molar-refractivity contribution in [1.82, 2.24) is 4.57 Å². The SMILES string of the molecule is CCOC(=O)C1=C(C)N=c2s/c(=C/c3ccc(Br)s3)c(=O)n2[C@H]1c1ccc(C(C)C)cc1.